The molecule has 0 radical (unpaired) electrons. The summed E-state index contributed by atoms with van der Waals surface area (Å²) in [6, 6.07) is 3.46. The number of pyridine rings is 1. The molecule has 1 heterocycles. The van der Waals surface area contributed by atoms with Gasteiger partial charge < -0.3 is 9.47 Å². The number of methoxy groups -OCH3 is 1. The van der Waals surface area contributed by atoms with Gasteiger partial charge in [0, 0.05) is 11.4 Å². The molecule has 0 saturated carbocycles. The van der Waals surface area contributed by atoms with Crippen LogP contribution in [0.4, 0.5) is 0 Å². The summed E-state index contributed by atoms with van der Waals surface area (Å²) in [5.41, 5.74) is 1.21. The van der Waals surface area contributed by atoms with Crippen molar-refractivity contribution in [3.05, 3.63) is 23.4 Å². The van der Waals surface area contributed by atoms with Crippen LogP contribution in [-0.2, 0) is 10.1 Å². The van der Waals surface area contributed by atoms with Crippen molar-refractivity contribution >= 4 is 21.9 Å². The van der Waals surface area contributed by atoms with Gasteiger partial charge in [0.15, 0.2) is 5.69 Å². The third kappa shape index (κ3) is 3.48. The number of ether oxygens (including phenoxy) is 2. The van der Waals surface area contributed by atoms with Gasteiger partial charge in [-0.3, -0.25) is 0 Å². The fourth-order valence-electron chi connectivity index (χ4n) is 1.11. The summed E-state index contributed by atoms with van der Waals surface area (Å²) >= 11 is 3.32. The van der Waals surface area contributed by atoms with Crippen molar-refractivity contribution in [2.45, 2.75) is 18.7 Å². The highest BCUT2D eigenvalue weighted by atomic mass is 79.9. The molecule has 1 rings (SSSR count). The number of carbonyl (C=O) groups excluding carboxylic acids is 1. The average Bonchev–Trinajstić information content (AvgIpc) is 2.35. The van der Waals surface area contributed by atoms with Gasteiger partial charge in [0.05, 0.1) is 13.7 Å². The lowest BCUT2D eigenvalue weighted by atomic mass is 10.2. The molecule has 4 nitrogen and oxygen atoms in total. The minimum Gasteiger partial charge on any atom is -0.481 e. The standard InChI is InChI=1S/C11H14BrNO3/c1-3-4-16-11(14)9-5-8(7-12)6-10(13-9)15-2/h5-6H,3-4,7H2,1-2H3. The van der Waals surface area contributed by atoms with Gasteiger partial charge in [-0.25, -0.2) is 9.78 Å². The van der Waals surface area contributed by atoms with Gasteiger partial charge in [-0.05, 0) is 18.1 Å². The van der Waals surface area contributed by atoms with Crippen LogP contribution in [-0.4, -0.2) is 24.7 Å². The molecule has 0 aromatic carbocycles. The zero-order valence-corrected chi connectivity index (χ0v) is 10.9. The second-order valence-corrected chi connectivity index (χ2v) is 3.73. The number of hydrogen-bond acceptors (Lipinski definition) is 4. The van der Waals surface area contributed by atoms with E-state index in [1.54, 1.807) is 12.1 Å². The van der Waals surface area contributed by atoms with Crippen LogP contribution in [0.5, 0.6) is 5.88 Å². The first-order valence-corrected chi connectivity index (χ1v) is 6.11. The van der Waals surface area contributed by atoms with Crippen LogP contribution in [0.25, 0.3) is 0 Å². The molecular formula is C11H14BrNO3. The Hall–Kier alpha value is -1.10. The van der Waals surface area contributed by atoms with Crippen molar-refractivity contribution < 1.29 is 14.3 Å². The van der Waals surface area contributed by atoms with E-state index in [1.165, 1.54) is 7.11 Å². The zero-order chi connectivity index (χ0) is 12.0. The van der Waals surface area contributed by atoms with Crippen LogP contribution in [0.3, 0.4) is 0 Å². The van der Waals surface area contributed by atoms with Crippen molar-refractivity contribution in [1.29, 1.82) is 0 Å². The first-order valence-electron chi connectivity index (χ1n) is 4.99. The molecule has 0 saturated heterocycles. The average molecular weight is 288 g/mol. The predicted molar refractivity (Wildman–Crippen MR) is 64.0 cm³/mol. The molecular weight excluding hydrogens is 274 g/mol. The summed E-state index contributed by atoms with van der Waals surface area (Å²) in [4.78, 5) is 15.6. The molecule has 0 spiro atoms. The van der Waals surface area contributed by atoms with E-state index in [0.29, 0.717) is 17.8 Å². The lowest BCUT2D eigenvalue weighted by Crippen LogP contribution is -2.09. The van der Waals surface area contributed by atoms with Gasteiger partial charge in [-0.1, -0.05) is 22.9 Å². The quantitative estimate of drug-likeness (QED) is 0.617. The van der Waals surface area contributed by atoms with Gasteiger partial charge in [0.1, 0.15) is 0 Å². The third-order valence-electron chi connectivity index (χ3n) is 1.87. The molecule has 0 atom stereocenters. The Balaban J connectivity index is 2.89. The Labute approximate surface area is 103 Å². The van der Waals surface area contributed by atoms with Crippen LogP contribution < -0.4 is 4.74 Å². The first-order chi connectivity index (χ1) is 7.71. The van der Waals surface area contributed by atoms with E-state index >= 15 is 0 Å². The van der Waals surface area contributed by atoms with Gasteiger partial charge in [0.2, 0.25) is 5.88 Å². The smallest absolute Gasteiger partial charge is 0.357 e. The van der Waals surface area contributed by atoms with Crippen LogP contribution in [0, 0.1) is 0 Å². The summed E-state index contributed by atoms with van der Waals surface area (Å²) in [5.74, 6) is 0.00310. The van der Waals surface area contributed by atoms with E-state index < -0.39 is 5.97 Å². The van der Waals surface area contributed by atoms with Gasteiger partial charge in [-0.15, -0.1) is 0 Å². The highest BCUT2D eigenvalue weighted by Gasteiger charge is 2.11. The maximum Gasteiger partial charge on any atom is 0.357 e. The molecule has 1 aromatic heterocycles. The predicted octanol–water partition coefficient (Wildman–Crippen LogP) is 2.55. The minimum atomic E-state index is -0.414. The Morgan fingerprint density at radius 2 is 2.25 bits per heavy atom. The molecule has 0 N–H and O–H groups in total. The second kappa shape index (κ2) is 6.48. The SMILES string of the molecule is CCCOC(=O)c1cc(CBr)cc(OC)n1. The molecule has 0 bridgehead atoms. The molecule has 0 unspecified atom stereocenters. The highest BCUT2D eigenvalue weighted by molar-refractivity contribution is 9.08. The molecule has 16 heavy (non-hydrogen) atoms. The van der Waals surface area contributed by atoms with Crippen LogP contribution in [0.15, 0.2) is 12.1 Å². The lowest BCUT2D eigenvalue weighted by Gasteiger charge is -2.06. The fourth-order valence-corrected chi connectivity index (χ4v) is 1.44. The molecule has 5 heteroatoms. The Bertz CT molecular complexity index is 346. The zero-order valence-electron chi connectivity index (χ0n) is 9.33. The molecule has 0 aliphatic rings. The monoisotopic (exact) mass is 287 g/mol. The normalized spacial score (nSPS) is 9.94. The number of rotatable bonds is 5. The molecule has 1 aromatic rings. The van der Waals surface area contributed by atoms with Crippen molar-refractivity contribution in [2.24, 2.45) is 0 Å². The number of hydrogen-bond donors (Lipinski definition) is 0. The van der Waals surface area contributed by atoms with Gasteiger partial charge in [-0.2, -0.15) is 0 Å². The van der Waals surface area contributed by atoms with Crippen molar-refractivity contribution in [3.63, 3.8) is 0 Å². The van der Waals surface area contributed by atoms with Crippen LogP contribution in [0.1, 0.15) is 29.4 Å². The van der Waals surface area contributed by atoms with E-state index in [-0.39, 0.29) is 5.69 Å². The molecule has 0 aliphatic heterocycles. The Kier molecular flexibility index (Phi) is 5.25. The first kappa shape index (κ1) is 13.0. The van der Waals surface area contributed by atoms with E-state index in [0.717, 1.165) is 12.0 Å². The number of alkyl halides is 1. The van der Waals surface area contributed by atoms with E-state index in [2.05, 4.69) is 20.9 Å². The summed E-state index contributed by atoms with van der Waals surface area (Å²) < 4.78 is 10.0. The van der Waals surface area contributed by atoms with E-state index in [9.17, 15) is 4.79 Å². The highest BCUT2D eigenvalue weighted by Crippen LogP contribution is 2.15. The summed E-state index contributed by atoms with van der Waals surface area (Å²) in [7, 11) is 1.52. The summed E-state index contributed by atoms with van der Waals surface area (Å²) in [6.45, 7) is 2.34. The molecule has 0 amide bonds. The van der Waals surface area contributed by atoms with Gasteiger partial charge >= 0.3 is 5.97 Å². The van der Waals surface area contributed by atoms with E-state index in [1.807, 2.05) is 6.92 Å². The Morgan fingerprint density at radius 1 is 1.50 bits per heavy atom. The van der Waals surface area contributed by atoms with Crippen molar-refractivity contribution in [3.8, 4) is 5.88 Å². The largest absolute Gasteiger partial charge is 0.481 e. The second-order valence-electron chi connectivity index (χ2n) is 3.17. The van der Waals surface area contributed by atoms with Crippen LogP contribution in [0.2, 0.25) is 0 Å². The molecule has 88 valence electrons. The number of esters is 1. The maximum absolute atomic E-state index is 11.6. The Morgan fingerprint density at radius 3 is 2.81 bits per heavy atom. The summed E-state index contributed by atoms with van der Waals surface area (Å²) in [6.07, 6.45) is 0.793. The lowest BCUT2D eigenvalue weighted by molar-refractivity contribution is 0.0497. The van der Waals surface area contributed by atoms with Crippen molar-refractivity contribution in [2.75, 3.05) is 13.7 Å². The molecule has 0 fully saturated rings. The summed E-state index contributed by atoms with van der Waals surface area (Å²) in [5, 5.41) is 0.639. The minimum absolute atomic E-state index is 0.280. The van der Waals surface area contributed by atoms with Crippen LogP contribution >= 0.6 is 15.9 Å². The number of aromatic nitrogens is 1. The topological polar surface area (TPSA) is 48.4 Å². The van der Waals surface area contributed by atoms with Gasteiger partial charge in [0.25, 0.3) is 0 Å². The van der Waals surface area contributed by atoms with Crippen molar-refractivity contribution in [1.82, 2.24) is 4.98 Å². The third-order valence-corrected chi connectivity index (χ3v) is 2.52. The maximum atomic E-state index is 11.6. The molecule has 0 aliphatic carbocycles. The number of nitrogens with zero attached hydrogens (tertiary/aromatic N) is 1. The number of carbonyl (C=O) groups is 1. The number of halogens is 1. The fraction of sp³-hybridized carbons (Fsp3) is 0.455. The van der Waals surface area contributed by atoms with E-state index in [4.69, 9.17) is 9.47 Å².